The Labute approximate surface area is 185 Å². The van der Waals surface area contributed by atoms with E-state index < -0.39 is 6.04 Å². The van der Waals surface area contributed by atoms with Crippen molar-refractivity contribution in [2.24, 2.45) is 0 Å². The van der Waals surface area contributed by atoms with Gasteiger partial charge in [-0.3, -0.25) is 9.59 Å². The average Bonchev–Trinajstić information content (AvgIpc) is 2.79. The molecule has 0 bridgehead atoms. The highest BCUT2D eigenvalue weighted by atomic mass is 16.5. The molecular weight excluding hydrogens is 392 g/mol. The first kappa shape index (κ1) is 24.3. The first-order chi connectivity index (χ1) is 15.0. The van der Waals surface area contributed by atoms with Gasteiger partial charge >= 0.3 is 0 Å². The maximum absolute atomic E-state index is 13.2. The van der Waals surface area contributed by atoms with Crippen molar-refractivity contribution >= 4 is 11.8 Å². The van der Waals surface area contributed by atoms with Crippen molar-refractivity contribution in [1.29, 1.82) is 0 Å². The molecule has 0 heterocycles. The zero-order valence-corrected chi connectivity index (χ0v) is 19.0. The van der Waals surface area contributed by atoms with Crippen molar-refractivity contribution in [3.63, 3.8) is 0 Å². The summed E-state index contributed by atoms with van der Waals surface area (Å²) in [5.41, 5.74) is 2.10. The van der Waals surface area contributed by atoms with E-state index in [0.29, 0.717) is 25.3 Å². The summed E-state index contributed by atoms with van der Waals surface area (Å²) in [6, 6.07) is 14.4. The molecule has 0 aliphatic carbocycles. The molecule has 2 aromatic carbocycles. The first-order valence-electron chi connectivity index (χ1n) is 10.9. The van der Waals surface area contributed by atoms with Crippen LogP contribution in [0.5, 0.6) is 11.5 Å². The second kappa shape index (κ2) is 12.6. The lowest BCUT2D eigenvalue weighted by Gasteiger charge is -2.31. The molecule has 0 radical (unpaired) electrons. The molecule has 0 aliphatic heterocycles. The van der Waals surface area contributed by atoms with E-state index in [2.05, 4.69) is 12.2 Å². The van der Waals surface area contributed by atoms with E-state index in [1.165, 1.54) is 0 Å². The summed E-state index contributed by atoms with van der Waals surface area (Å²) in [7, 11) is 1.60. The molecule has 168 valence electrons. The van der Waals surface area contributed by atoms with Crippen LogP contribution >= 0.6 is 0 Å². The van der Waals surface area contributed by atoms with Gasteiger partial charge in [0.1, 0.15) is 17.5 Å². The van der Waals surface area contributed by atoms with Gasteiger partial charge in [-0.15, -0.1) is 0 Å². The minimum Gasteiger partial charge on any atom is -0.497 e. The van der Waals surface area contributed by atoms with Crippen LogP contribution in [0, 0.1) is 6.92 Å². The molecule has 0 aliphatic rings. The molecular formula is C25H34N2O4. The summed E-state index contributed by atoms with van der Waals surface area (Å²) in [6.45, 7) is 6.84. The van der Waals surface area contributed by atoms with Crippen LogP contribution in [-0.2, 0) is 16.1 Å². The van der Waals surface area contributed by atoms with Gasteiger partial charge in [-0.05, 0) is 55.2 Å². The standard InChI is InChI=1S/C25H34N2O4/c1-5-7-16-26-25(29)23(6-2)27(17-20-11-9-8-10-19(20)3)24(28)18-31-22-14-12-21(30-4)13-15-22/h8-15,23H,5-7,16-18H2,1-4H3,(H,26,29). The third kappa shape index (κ3) is 7.31. The number of hydrogen-bond donors (Lipinski definition) is 1. The monoisotopic (exact) mass is 426 g/mol. The van der Waals surface area contributed by atoms with Crippen LogP contribution in [0.15, 0.2) is 48.5 Å². The van der Waals surface area contributed by atoms with Gasteiger partial charge in [0.15, 0.2) is 6.61 Å². The van der Waals surface area contributed by atoms with Crippen LogP contribution in [0.4, 0.5) is 0 Å². The van der Waals surface area contributed by atoms with Gasteiger partial charge < -0.3 is 19.7 Å². The van der Waals surface area contributed by atoms with Crippen molar-refractivity contribution in [2.75, 3.05) is 20.3 Å². The predicted octanol–water partition coefficient (Wildman–Crippen LogP) is 4.11. The SMILES string of the molecule is CCCCNC(=O)C(CC)N(Cc1ccccc1C)C(=O)COc1ccc(OC)cc1. The van der Waals surface area contributed by atoms with Crippen molar-refractivity contribution in [3.8, 4) is 11.5 Å². The van der Waals surface area contributed by atoms with Crippen molar-refractivity contribution in [2.45, 2.75) is 52.6 Å². The van der Waals surface area contributed by atoms with Gasteiger partial charge in [-0.25, -0.2) is 0 Å². The lowest BCUT2D eigenvalue weighted by atomic mass is 10.1. The Hall–Kier alpha value is -3.02. The summed E-state index contributed by atoms with van der Waals surface area (Å²) in [5, 5.41) is 2.97. The molecule has 1 atom stereocenters. The molecule has 2 rings (SSSR count). The third-order valence-electron chi connectivity index (χ3n) is 5.24. The summed E-state index contributed by atoms with van der Waals surface area (Å²) in [4.78, 5) is 27.7. The van der Waals surface area contributed by atoms with Gasteiger partial charge in [-0.2, -0.15) is 0 Å². The second-order valence-corrected chi connectivity index (χ2v) is 7.48. The van der Waals surface area contributed by atoms with E-state index in [1.54, 1.807) is 36.3 Å². The Kier molecular flexibility index (Phi) is 9.88. The fourth-order valence-electron chi connectivity index (χ4n) is 3.30. The number of benzene rings is 2. The average molecular weight is 427 g/mol. The third-order valence-corrected chi connectivity index (χ3v) is 5.24. The van der Waals surface area contributed by atoms with Gasteiger partial charge in [0.25, 0.3) is 5.91 Å². The van der Waals surface area contributed by atoms with E-state index >= 15 is 0 Å². The highest BCUT2D eigenvalue weighted by Gasteiger charge is 2.29. The molecule has 0 saturated carbocycles. The van der Waals surface area contributed by atoms with Gasteiger partial charge in [0, 0.05) is 13.1 Å². The molecule has 1 unspecified atom stereocenters. The summed E-state index contributed by atoms with van der Waals surface area (Å²) in [6.07, 6.45) is 2.44. The molecule has 0 spiro atoms. The Morgan fingerprint density at radius 1 is 1.03 bits per heavy atom. The maximum Gasteiger partial charge on any atom is 0.261 e. The smallest absolute Gasteiger partial charge is 0.261 e. The number of ether oxygens (including phenoxy) is 2. The summed E-state index contributed by atoms with van der Waals surface area (Å²) >= 11 is 0. The molecule has 2 amide bonds. The van der Waals surface area contributed by atoms with Crippen LogP contribution in [0.25, 0.3) is 0 Å². The van der Waals surface area contributed by atoms with Crippen molar-refractivity contribution in [1.82, 2.24) is 10.2 Å². The lowest BCUT2D eigenvalue weighted by molar-refractivity contribution is -0.143. The minimum absolute atomic E-state index is 0.123. The molecule has 0 fully saturated rings. The van der Waals surface area contributed by atoms with E-state index in [4.69, 9.17) is 9.47 Å². The Bertz CT molecular complexity index is 836. The fraction of sp³-hybridized carbons (Fsp3) is 0.440. The summed E-state index contributed by atoms with van der Waals surface area (Å²) < 4.78 is 10.9. The highest BCUT2D eigenvalue weighted by molar-refractivity contribution is 5.88. The number of carbonyl (C=O) groups is 2. The van der Waals surface area contributed by atoms with Gasteiger partial charge in [-0.1, -0.05) is 44.5 Å². The lowest BCUT2D eigenvalue weighted by Crippen LogP contribution is -2.50. The van der Waals surface area contributed by atoms with Crippen LogP contribution in [-0.4, -0.2) is 43.0 Å². The minimum atomic E-state index is -0.552. The van der Waals surface area contributed by atoms with E-state index in [1.807, 2.05) is 38.1 Å². The fourth-order valence-corrected chi connectivity index (χ4v) is 3.30. The van der Waals surface area contributed by atoms with Crippen molar-refractivity contribution < 1.29 is 19.1 Å². The number of unbranched alkanes of at least 4 members (excludes halogenated alkanes) is 1. The quantitative estimate of drug-likeness (QED) is 0.519. The van der Waals surface area contributed by atoms with Crippen LogP contribution in [0.2, 0.25) is 0 Å². The number of nitrogens with zero attached hydrogens (tertiary/aromatic N) is 1. The first-order valence-corrected chi connectivity index (χ1v) is 10.9. The predicted molar refractivity (Wildman–Crippen MR) is 122 cm³/mol. The van der Waals surface area contributed by atoms with Crippen molar-refractivity contribution in [3.05, 3.63) is 59.7 Å². The maximum atomic E-state index is 13.2. The van der Waals surface area contributed by atoms with E-state index in [-0.39, 0.29) is 18.4 Å². The molecule has 0 saturated heterocycles. The zero-order chi connectivity index (χ0) is 22.6. The highest BCUT2D eigenvalue weighted by Crippen LogP contribution is 2.19. The largest absolute Gasteiger partial charge is 0.497 e. The number of rotatable bonds is 12. The van der Waals surface area contributed by atoms with Gasteiger partial charge in [0.05, 0.1) is 7.11 Å². The number of hydrogen-bond acceptors (Lipinski definition) is 4. The molecule has 6 nitrogen and oxygen atoms in total. The Morgan fingerprint density at radius 3 is 2.32 bits per heavy atom. The number of methoxy groups -OCH3 is 1. The molecule has 2 aromatic rings. The number of nitrogens with one attached hydrogen (secondary N) is 1. The molecule has 31 heavy (non-hydrogen) atoms. The zero-order valence-electron chi connectivity index (χ0n) is 19.0. The molecule has 0 aromatic heterocycles. The molecule has 1 N–H and O–H groups in total. The Balaban J connectivity index is 2.16. The van der Waals surface area contributed by atoms with E-state index in [0.717, 1.165) is 29.7 Å². The number of amides is 2. The normalized spacial score (nSPS) is 11.5. The topological polar surface area (TPSA) is 67.9 Å². The Morgan fingerprint density at radius 2 is 1.71 bits per heavy atom. The van der Waals surface area contributed by atoms with Crippen LogP contribution < -0.4 is 14.8 Å². The summed E-state index contributed by atoms with van der Waals surface area (Å²) in [5.74, 6) is 0.944. The second-order valence-electron chi connectivity index (χ2n) is 7.48. The van der Waals surface area contributed by atoms with Crippen LogP contribution in [0.3, 0.4) is 0 Å². The van der Waals surface area contributed by atoms with E-state index in [9.17, 15) is 9.59 Å². The molecule has 6 heteroatoms. The number of carbonyl (C=O) groups excluding carboxylic acids is 2. The number of aryl methyl sites for hydroxylation is 1. The van der Waals surface area contributed by atoms with Gasteiger partial charge in [0.2, 0.25) is 5.91 Å². The van der Waals surface area contributed by atoms with Crippen LogP contribution in [0.1, 0.15) is 44.2 Å².